The molecule has 4 fully saturated rings. The first-order chi connectivity index (χ1) is 13.3. The number of rotatable bonds is 5. The SMILES string of the molecule is CCCCCC(=O)N1C[C@@H](c2ccc3c(c2)OCO3)[C@@H]2[C@H]1C1CCN2CC1. The van der Waals surface area contributed by atoms with Gasteiger partial charge in [0.1, 0.15) is 0 Å². The zero-order valence-electron chi connectivity index (χ0n) is 16.2. The van der Waals surface area contributed by atoms with Gasteiger partial charge in [0.05, 0.1) is 6.04 Å². The maximum absolute atomic E-state index is 13.1. The molecule has 0 spiro atoms. The maximum Gasteiger partial charge on any atom is 0.231 e. The molecule has 0 aromatic heterocycles. The second kappa shape index (κ2) is 7.01. The lowest BCUT2D eigenvalue weighted by Crippen LogP contribution is -2.60. The Morgan fingerprint density at radius 3 is 2.74 bits per heavy atom. The quantitative estimate of drug-likeness (QED) is 0.745. The van der Waals surface area contributed by atoms with E-state index in [-0.39, 0.29) is 0 Å². The molecular formula is C22H30N2O3. The molecule has 1 amide bonds. The van der Waals surface area contributed by atoms with Crippen LogP contribution in [0.5, 0.6) is 11.5 Å². The summed E-state index contributed by atoms with van der Waals surface area (Å²) in [6.07, 6.45) is 6.52. The maximum atomic E-state index is 13.1. The Hall–Kier alpha value is -1.75. The first kappa shape index (κ1) is 17.4. The van der Waals surface area contributed by atoms with E-state index in [9.17, 15) is 4.79 Å². The van der Waals surface area contributed by atoms with Crippen LogP contribution in [0.4, 0.5) is 0 Å². The fourth-order valence-corrected chi connectivity index (χ4v) is 5.81. The van der Waals surface area contributed by atoms with Gasteiger partial charge in [-0.05, 0) is 56.0 Å². The first-order valence-electron chi connectivity index (χ1n) is 10.7. The second-order valence-corrected chi connectivity index (χ2v) is 8.58. The second-order valence-electron chi connectivity index (χ2n) is 8.58. The Morgan fingerprint density at radius 1 is 1.11 bits per heavy atom. The molecule has 5 heteroatoms. The van der Waals surface area contributed by atoms with Crippen molar-refractivity contribution in [2.45, 2.75) is 63.5 Å². The molecule has 146 valence electrons. The summed E-state index contributed by atoms with van der Waals surface area (Å²) in [5, 5.41) is 0. The van der Waals surface area contributed by atoms with Gasteiger partial charge in [0.15, 0.2) is 11.5 Å². The van der Waals surface area contributed by atoms with Crippen LogP contribution in [-0.2, 0) is 4.79 Å². The Labute approximate surface area is 161 Å². The van der Waals surface area contributed by atoms with E-state index in [2.05, 4.69) is 28.9 Å². The number of ether oxygens (including phenoxy) is 2. The highest BCUT2D eigenvalue weighted by Crippen LogP contribution is 2.48. The van der Waals surface area contributed by atoms with Crippen molar-refractivity contribution in [1.82, 2.24) is 9.80 Å². The van der Waals surface area contributed by atoms with Crippen molar-refractivity contribution < 1.29 is 14.3 Å². The van der Waals surface area contributed by atoms with Crippen molar-refractivity contribution in [3.8, 4) is 11.5 Å². The first-order valence-corrected chi connectivity index (χ1v) is 10.7. The number of carbonyl (C=O) groups excluding carboxylic acids is 1. The molecule has 1 aromatic rings. The van der Waals surface area contributed by atoms with E-state index < -0.39 is 0 Å². The van der Waals surface area contributed by atoms with Crippen LogP contribution in [0.2, 0.25) is 0 Å². The summed E-state index contributed by atoms with van der Waals surface area (Å²) in [4.78, 5) is 18.0. The van der Waals surface area contributed by atoms with Crippen molar-refractivity contribution in [3.63, 3.8) is 0 Å². The van der Waals surface area contributed by atoms with E-state index >= 15 is 0 Å². The molecule has 5 aliphatic rings. The fraction of sp³-hybridized carbons (Fsp3) is 0.682. The van der Waals surface area contributed by atoms with Crippen LogP contribution >= 0.6 is 0 Å². The lowest BCUT2D eigenvalue weighted by atomic mass is 9.75. The highest BCUT2D eigenvalue weighted by atomic mass is 16.7. The molecule has 4 saturated heterocycles. The standard InChI is InChI=1S/C22H30N2O3/c1-2-3-4-5-20(25)24-13-17(16-6-7-18-19(12-16)27-14-26-18)22-21(24)15-8-10-23(22)11-9-15/h6-7,12,15,17,21-22H,2-5,8-11,13-14H2,1H3/t17-,21+,22+/m0/s1. The Morgan fingerprint density at radius 2 is 1.93 bits per heavy atom. The van der Waals surface area contributed by atoms with E-state index in [0.29, 0.717) is 43.0 Å². The van der Waals surface area contributed by atoms with Crippen molar-refractivity contribution in [2.75, 3.05) is 26.4 Å². The van der Waals surface area contributed by atoms with Gasteiger partial charge in [-0.3, -0.25) is 9.69 Å². The molecule has 0 unspecified atom stereocenters. The molecule has 0 saturated carbocycles. The highest BCUT2D eigenvalue weighted by molar-refractivity contribution is 5.77. The van der Waals surface area contributed by atoms with Crippen molar-refractivity contribution in [3.05, 3.63) is 23.8 Å². The topological polar surface area (TPSA) is 42.0 Å². The minimum absolute atomic E-state index is 0.311. The summed E-state index contributed by atoms with van der Waals surface area (Å²) in [7, 11) is 0. The number of amides is 1. The zero-order valence-corrected chi connectivity index (χ0v) is 16.2. The molecule has 27 heavy (non-hydrogen) atoms. The fourth-order valence-electron chi connectivity index (χ4n) is 5.81. The number of hydrogen-bond donors (Lipinski definition) is 0. The molecule has 1 aromatic carbocycles. The molecule has 0 aliphatic carbocycles. The zero-order chi connectivity index (χ0) is 18.4. The van der Waals surface area contributed by atoms with Gasteiger partial charge in [-0.15, -0.1) is 0 Å². The number of piperidine rings is 3. The largest absolute Gasteiger partial charge is 0.454 e. The monoisotopic (exact) mass is 370 g/mol. The van der Waals surface area contributed by atoms with Crippen LogP contribution < -0.4 is 9.47 Å². The van der Waals surface area contributed by atoms with Gasteiger partial charge in [0.2, 0.25) is 12.7 Å². The summed E-state index contributed by atoms with van der Waals surface area (Å²) in [5.41, 5.74) is 1.30. The van der Waals surface area contributed by atoms with E-state index in [1.807, 2.05) is 6.07 Å². The molecule has 6 rings (SSSR count). The molecular weight excluding hydrogens is 340 g/mol. The Kier molecular flexibility index (Phi) is 4.50. The van der Waals surface area contributed by atoms with Gasteiger partial charge in [-0.1, -0.05) is 25.8 Å². The van der Waals surface area contributed by atoms with E-state index in [1.54, 1.807) is 0 Å². The summed E-state index contributed by atoms with van der Waals surface area (Å²) < 4.78 is 11.1. The van der Waals surface area contributed by atoms with E-state index in [4.69, 9.17) is 9.47 Å². The third kappa shape index (κ3) is 2.91. The van der Waals surface area contributed by atoms with E-state index in [0.717, 1.165) is 37.3 Å². The van der Waals surface area contributed by atoms with E-state index in [1.165, 1.54) is 31.5 Å². The molecule has 5 heterocycles. The number of likely N-dealkylation sites (tertiary alicyclic amines) is 1. The number of unbranched alkanes of at least 4 members (excludes halogenated alkanes) is 2. The number of nitrogens with zero attached hydrogens (tertiary/aromatic N) is 2. The normalized spacial score (nSPS) is 33.4. The summed E-state index contributed by atoms with van der Waals surface area (Å²) in [6, 6.07) is 7.24. The summed E-state index contributed by atoms with van der Waals surface area (Å²) in [6.45, 7) is 5.73. The number of fused-ring (bicyclic) bond motifs is 3. The van der Waals surface area contributed by atoms with Crippen molar-refractivity contribution in [2.24, 2.45) is 5.92 Å². The van der Waals surface area contributed by atoms with Crippen LogP contribution in [0.25, 0.3) is 0 Å². The molecule has 0 N–H and O–H groups in total. The molecule has 5 nitrogen and oxygen atoms in total. The summed E-state index contributed by atoms with van der Waals surface area (Å²) in [5.74, 6) is 3.12. The van der Waals surface area contributed by atoms with Gasteiger partial charge in [-0.25, -0.2) is 0 Å². The predicted octanol–water partition coefficient (Wildman–Crippen LogP) is 3.38. The van der Waals surface area contributed by atoms with Crippen LogP contribution in [-0.4, -0.2) is 54.2 Å². The predicted molar refractivity (Wildman–Crippen MR) is 103 cm³/mol. The third-order valence-corrected chi connectivity index (χ3v) is 7.13. The number of carbonyl (C=O) groups is 1. The van der Waals surface area contributed by atoms with Crippen LogP contribution in [0.1, 0.15) is 56.9 Å². The van der Waals surface area contributed by atoms with Crippen molar-refractivity contribution >= 4 is 5.91 Å². The number of hydrogen-bond acceptors (Lipinski definition) is 4. The van der Waals surface area contributed by atoms with Gasteiger partial charge < -0.3 is 14.4 Å². The average Bonchev–Trinajstić information content (AvgIpc) is 3.34. The third-order valence-electron chi connectivity index (χ3n) is 7.13. The molecule has 0 radical (unpaired) electrons. The molecule has 3 atom stereocenters. The van der Waals surface area contributed by atoms with Gasteiger partial charge >= 0.3 is 0 Å². The Balaban J connectivity index is 1.43. The van der Waals surface area contributed by atoms with Gasteiger partial charge in [0.25, 0.3) is 0 Å². The smallest absolute Gasteiger partial charge is 0.231 e. The average molecular weight is 370 g/mol. The van der Waals surface area contributed by atoms with Crippen molar-refractivity contribution in [1.29, 1.82) is 0 Å². The molecule has 5 aliphatic heterocycles. The lowest BCUT2D eigenvalue weighted by molar-refractivity contribution is -0.136. The van der Waals surface area contributed by atoms with Gasteiger partial charge in [-0.2, -0.15) is 0 Å². The van der Waals surface area contributed by atoms with Gasteiger partial charge in [0, 0.05) is 24.9 Å². The number of benzene rings is 1. The minimum Gasteiger partial charge on any atom is -0.454 e. The lowest BCUT2D eigenvalue weighted by Gasteiger charge is -2.51. The van der Waals surface area contributed by atoms with Crippen LogP contribution in [0, 0.1) is 5.92 Å². The molecule has 2 bridgehead atoms. The van der Waals surface area contributed by atoms with Crippen LogP contribution in [0.3, 0.4) is 0 Å². The summed E-state index contributed by atoms with van der Waals surface area (Å²) >= 11 is 0. The highest BCUT2D eigenvalue weighted by Gasteiger charge is 2.54. The Bertz CT molecular complexity index is 714. The minimum atomic E-state index is 0.311. The van der Waals surface area contributed by atoms with Crippen LogP contribution in [0.15, 0.2) is 18.2 Å².